The van der Waals surface area contributed by atoms with Crippen LogP contribution in [0.2, 0.25) is 5.02 Å². The third-order valence-electron chi connectivity index (χ3n) is 2.16. The average Bonchev–Trinajstić information content (AvgIpc) is 2.26. The minimum absolute atomic E-state index is 0.168. The van der Waals surface area contributed by atoms with E-state index in [2.05, 4.69) is 21.2 Å². The number of nitrogens with one attached hydrogen (secondary N) is 1. The normalized spacial score (nSPS) is 11.7. The lowest BCUT2D eigenvalue weighted by molar-refractivity contribution is -0.145. The molecule has 1 aromatic carbocycles. The molecule has 0 heterocycles. The second kappa shape index (κ2) is 6.53. The van der Waals surface area contributed by atoms with Crippen LogP contribution in [0.1, 0.15) is 16.8 Å². The zero-order chi connectivity index (χ0) is 14.6. The van der Waals surface area contributed by atoms with Gasteiger partial charge < -0.3 is 15.5 Å². The van der Waals surface area contributed by atoms with Crippen LogP contribution >= 0.6 is 27.5 Å². The van der Waals surface area contributed by atoms with Gasteiger partial charge in [-0.25, -0.2) is 4.79 Å². The molecule has 0 aliphatic rings. The zero-order valence-electron chi connectivity index (χ0n) is 9.39. The maximum Gasteiger partial charge on any atom is 0.326 e. The van der Waals surface area contributed by atoms with Gasteiger partial charge in [0, 0.05) is 9.50 Å². The molecule has 0 bridgehead atoms. The van der Waals surface area contributed by atoms with Crippen molar-refractivity contribution in [3.8, 4) is 0 Å². The zero-order valence-corrected chi connectivity index (χ0v) is 11.7. The summed E-state index contributed by atoms with van der Waals surface area (Å²) in [7, 11) is 0. The molecule has 6 nitrogen and oxygen atoms in total. The Bertz CT molecular complexity index is 534. The van der Waals surface area contributed by atoms with E-state index in [0.717, 1.165) is 0 Å². The summed E-state index contributed by atoms with van der Waals surface area (Å²) in [6.07, 6.45) is -0.702. The molecule has 19 heavy (non-hydrogen) atoms. The van der Waals surface area contributed by atoms with Crippen LogP contribution in [0.25, 0.3) is 0 Å². The number of carboxylic acid groups (broad SMARTS) is 2. The highest BCUT2D eigenvalue weighted by molar-refractivity contribution is 9.10. The minimum Gasteiger partial charge on any atom is -0.481 e. The molecule has 0 spiro atoms. The number of carboxylic acids is 2. The van der Waals surface area contributed by atoms with E-state index in [-0.39, 0.29) is 5.56 Å². The first-order valence-corrected chi connectivity index (χ1v) is 6.19. The molecule has 1 atom stereocenters. The predicted molar refractivity (Wildman–Crippen MR) is 70.3 cm³/mol. The average molecular weight is 351 g/mol. The molecule has 1 aromatic rings. The Kier molecular flexibility index (Phi) is 5.31. The van der Waals surface area contributed by atoms with Crippen molar-refractivity contribution in [2.75, 3.05) is 0 Å². The smallest absolute Gasteiger partial charge is 0.326 e. The van der Waals surface area contributed by atoms with Crippen LogP contribution in [0.3, 0.4) is 0 Å². The molecule has 0 fully saturated rings. The van der Waals surface area contributed by atoms with Crippen molar-refractivity contribution < 1.29 is 24.6 Å². The lowest BCUT2D eigenvalue weighted by Crippen LogP contribution is -2.42. The fraction of sp³-hybridized carbons (Fsp3) is 0.182. The summed E-state index contributed by atoms with van der Waals surface area (Å²) in [4.78, 5) is 33.2. The van der Waals surface area contributed by atoms with Gasteiger partial charge in [-0.3, -0.25) is 9.59 Å². The number of amides is 1. The Balaban J connectivity index is 2.87. The van der Waals surface area contributed by atoms with E-state index in [1.165, 1.54) is 18.2 Å². The largest absolute Gasteiger partial charge is 0.481 e. The summed E-state index contributed by atoms with van der Waals surface area (Å²) in [5.41, 5.74) is 0.168. The lowest BCUT2D eigenvalue weighted by atomic mass is 10.1. The van der Waals surface area contributed by atoms with Crippen LogP contribution in [-0.2, 0) is 9.59 Å². The third-order valence-corrected chi connectivity index (χ3v) is 3.05. The van der Waals surface area contributed by atoms with E-state index in [1.807, 2.05) is 0 Å². The van der Waals surface area contributed by atoms with Gasteiger partial charge in [-0.1, -0.05) is 11.6 Å². The van der Waals surface area contributed by atoms with Crippen molar-refractivity contribution in [1.82, 2.24) is 5.32 Å². The van der Waals surface area contributed by atoms with Gasteiger partial charge in [-0.2, -0.15) is 0 Å². The summed E-state index contributed by atoms with van der Waals surface area (Å²) < 4.78 is 0.386. The van der Waals surface area contributed by atoms with Crippen LogP contribution < -0.4 is 5.32 Å². The van der Waals surface area contributed by atoms with Crippen LogP contribution in [0.5, 0.6) is 0 Å². The number of benzene rings is 1. The van der Waals surface area contributed by atoms with Crippen LogP contribution in [0.15, 0.2) is 22.7 Å². The molecule has 3 N–H and O–H groups in total. The van der Waals surface area contributed by atoms with Gasteiger partial charge in [-0.05, 0) is 34.1 Å². The van der Waals surface area contributed by atoms with Gasteiger partial charge in [-0.15, -0.1) is 0 Å². The highest BCUT2D eigenvalue weighted by Gasteiger charge is 2.24. The fourth-order valence-electron chi connectivity index (χ4n) is 1.28. The van der Waals surface area contributed by atoms with E-state index in [0.29, 0.717) is 9.50 Å². The van der Waals surface area contributed by atoms with Gasteiger partial charge in [0.1, 0.15) is 6.04 Å². The number of halogens is 2. The van der Waals surface area contributed by atoms with Crippen molar-refractivity contribution in [2.24, 2.45) is 0 Å². The van der Waals surface area contributed by atoms with Crippen molar-refractivity contribution in [1.29, 1.82) is 0 Å². The van der Waals surface area contributed by atoms with E-state index >= 15 is 0 Å². The molecule has 1 amide bonds. The molecule has 0 aromatic heterocycles. The first-order valence-electron chi connectivity index (χ1n) is 5.01. The molecule has 0 aliphatic carbocycles. The SMILES string of the molecule is O=C(O)CC(NC(=O)c1ccc(Cl)cc1Br)C(=O)O. The first kappa shape index (κ1) is 15.5. The van der Waals surface area contributed by atoms with Gasteiger partial charge in [0.05, 0.1) is 12.0 Å². The van der Waals surface area contributed by atoms with Crippen molar-refractivity contribution in [3.63, 3.8) is 0 Å². The quantitative estimate of drug-likeness (QED) is 0.751. The number of carbonyl (C=O) groups excluding carboxylic acids is 1. The third kappa shape index (κ3) is 4.53. The van der Waals surface area contributed by atoms with Gasteiger partial charge in [0.25, 0.3) is 5.91 Å². The summed E-state index contributed by atoms with van der Waals surface area (Å²) in [5, 5.41) is 19.9. The second-order valence-corrected chi connectivity index (χ2v) is 4.88. The first-order chi connectivity index (χ1) is 8.81. The molecule has 0 saturated carbocycles. The van der Waals surface area contributed by atoms with Crippen molar-refractivity contribution in [2.45, 2.75) is 12.5 Å². The van der Waals surface area contributed by atoms with E-state index in [9.17, 15) is 14.4 Å². The number of rotatable bonds is 5. The van der Waals surface area contributed by atoms with Crippen LogP contribution in [0.4, 0.5) is 0 Å². The topological polar surface area (TPSA) is 104 Å². The molecule has 0 saturated heterocycles. The minimum atomic E-state index is -1.49. The summed E-state index contributed by atoms with van der Waals surface area (Å²) in [6.45, 7) is 0. The number of aliphatic carboxylic acids is 2. The fourth-order valence-corrected chi connectivity index (χ4v) is 2.15. The Morgan fingerprint density at radius 3 is 2.42 bits per heavy atom. The molecule has 1 unspecified atom stereocenters. The Hall–Kier alpha value is -1.60. The molecule has 1 rings (SSSR count). The summed E-state index contributed by atoms with van der Waals surface area (Å²) in [5.74, 6) is -3.43. The van der Waals surface area contributed by atoms with E-state index in [4.69, 9.17) is 21.8 Å². The van der Waals surface area contributed by atoms with Crippen molar-refractivity contribution >= 4 is 45.4 Å². The summed E-state index contributed by atoms with van der Waals surface area (Å²) >= 11 is 8.83. The van der Waals surface area contributed by atoms with Gasteiger partial charge in [0.15, 0.2) is 0 Å². The Morgan fingerprint density at radius 2 is 1.95 bits per heavy atom. The number of carbonyl (C=O) groups is 3. The maximum absolute atomic E-state index is 11.8. The molecular weight excluding hydrogens is 341 g/mol. The number of hydrogen-bond acceptors (Lipinski definition) is 3. The number of hydrogen-bond donors (Lipinski definition) is 3. The van der Waals surface area contributed by atoms with Crippen LogP contribution in [0, 0.1) is 0 Å². The molecule has 0 aliphatic heterocycles. The Labute approximate surface area is 121 Å². The molecule has 102 valence electrons. The summed E-state index contributed by atoms with van der Waals surface area (Å²) in [6, 6.07) is 2.85. The molecule has 0 radical (unpaired) electrons. The monoisotopic (exact) mass is 349 g/mol. The van der Waals surface area contributed by atoms with E-state index < -0.39 is 30.3 Å². The molecular formula is C11H9BrClNO5. The van der Waals surface area contributed by atoms with Gasteiger partial charge >= 0.3 is 11.9 Å². The molecule has 8 heteroatoms. The second-order valence-electron chi connectivity index (χ2n) is 3.59. The van der Waals surface area contributed by atoms with Gasteiger partial charge in [0.2, 0.25) is 0 Å². The van der Waals surface area contributed by atoms with Crippen molar-refractivity contribution in [3.05, 3.63) is 33.3 Å². The maximum atomic E-state index is 11.8. The van der Waals surface area contributed by atoms with Crippen LogP contribution in [-0.4, -0.2) is 34.1 Å². The highest BCUT2D eigenvalue weighted by Crippen LogP contribution is 2.21. The standard InChI is InChI=1S/C11H9BrClNO5/c12-7-3-5(13)1-2-6(7)10(17)14-8(11(18)19)4-9(15)16/h1-3,8H,4H2,(H,14,17)(H,15,16)(H,18,19). The predicted octanol–water partition coefficient (Wildman–Crippen LogP) is 1.76. The lowest BCUT2D eigenvalue weighted by Gasteiger charge is -2.13. The van der Waals surface area contributed by atoms with E-state index in [1.54, 1.807) is 0 Å². The Morgan fingerprint density at radius 1 is 1.32 bits per heavy atom. The highest BCUT2D eigenvalue weighted by atomic mass is 79.9.